The summed E-state index contributed by atoms with van der Waals surface area (Å²) in [5.41, 5.74) is 1.15. The van der Waals surface area contributed by atoms with Gasteiger partial charge in [0.15, 0.2) is 0 Å². The van der Waals surface area contributed by atoms with E-state index in [-0.39, 0.29) is 28.5 Å². The van der Waals surface area contributed by atoms with Gasteiger partial charge in [-0.2, -0.15) is 5.10 Å². The number of anilines is 2. The van der Waals surface area contributed by atoms with Crippen molar-refractivity contribution >= 4 is 29.1 Å². The Labute approximate surface area is 176 Å². The van der Waals surface area contributed by atoms with E-state index < -0.39 is 22.5 Å². The zero-order valence-electron chi connectivity index (χ0n) is 17.1. The maximum absolute atomic E-state index is 12.0. The number of carbonyl (C=O) groups excluding carboxylic acids is 2. The second-order valence-electron chi connectivity index (χ2n) is 6.40. The molecule has 0 bridgehead atoms. The molecule has 0 saturated heterocycles. The standard InChI is InChI=1S/C19H18N6O6/c1-10-5-11(2)24(23-10)17-15(25(28)29)16(20-9-21-17)22-14-7-12(18(26)30-3)6-13(8-14)19(27)31-4/h5-9H,1-4H3,(H,20,21,22). The lowest BCUT2D eigenvalue weighted by Crippen LogP contribution is -2.11. The molecule has 1 N–H and O–H groups in total. The second kappa shape index (κ2) is 8.57. The molecule has 0 aliphatic rings. The summed E-state index contributed by atoms with van der Waals surface area (Å²) in [5.74, 6) is -1.59. The molecule has 2 heterocycles. The Kier molecular flexibility index (Phi) is 5.90. The van der Waals surface area contributed by atoms with Crippen molar-refractivity contribution in [3.05, 3.63) is 63.2 Å². The predicted molar refractivity (Wildman–Crippen MR) is 108 cm³/mol. The third kappa shape index (κ3) is 4.32. The molecule has 0 radical (unpaired) electrons. The Hall–Kier alpha value is -4.35. The van der Waals surface area contributed by atoms with Crippen LogP contribution >= 0.6 is 0 Å². The Bertz CT molecular complexity index is 1150. The van der Waals surface area contributed by atoms with Crippen LogP contribution in [0.2, 0.25) is 0 Å². The molecule has 0 fully saturated rings. The van der Waals surface area contributed by atoms with Crippen molar-refractivity contribution < 1.29 is 24.0 Å². The van der Waals surface area contributed by atoms with Crippen LogP contribution < -0.4 is 5.32 Å². The zero-order chi connectivity index (χ0) is 22.7. The highest BCUT2D eigenvalue weighted by atomic mass is 16.6. The largest absolute Gasteiger partial charge is 0.465 e. The molecule has 3 rings (SSSR count). The lowest BCUT2D eigenvalue weighted by Gasteiger charge is -2.11. The first-order valence-corrected chi connectivity index (χ1v) is 8.87. The number of nitro groups is 1. The second-order valence-corrected chi connectivity index (χ2v) is 6.40. The molecule has 0 saturated carbocycles. The van der Waals surface area contributed by atoms with Gasteiger partial charge in [-0.15, -0.1) is 0 Å². The maximum Gasteiger partial charge on any atom is 0.355 e. The minimum absolute atomic E-state index is 0.0367. The third-order valence-corrected chi connectivity index (χ3v) is 4.23. The van der Waals surface area contributed by atoms with Gasteiger partial charge in [0.25, 0.3) is 0 Å². The van der Waals surface area contributed by atoms with Gasteiger partial charge in [-0.1, -0.05) is 0 Å². The minimum atomic E-state index is -0.700. The summed E-state index contributed by atoms with van der Waals surface area (Å²) in [4.78, 5) is 43.2. The summed E-state index contributed by atoms with van der Waals surface area (Å²) in [5, 5.41) is 18.9. The first kappa shape index (κ1) is 21.4. The molecule has 1 aromatic carbocycles. The molecule has 0 amide bonds. The van der Waals surface area contributed by atoms with E-state index in [4.69, 9.17) is 9.47 Å². The smallest absolute Gasteiger partial charge is 0.355 e. The van der Waals surface area contributed by atoms with Gasteiger partial charge >= 0.3 is 17.6 Å². The number of ether oxygens (including phenoxy) is 2. The number of aryl methyl sites for hydroxylation is 2. The molecule has 0 unspecified atom stereocenters. The van der Waals surface area contributed by atoms with Gasteiger partial charge in [-0.3, -0.25) is 10.1 Å². The summed E-state index contributed by atoms with van der Waals surface area (Å²) in [7, 11) is 2.38. The molecule has 12 heteroatoms. The molecule has 160 valence electrons. The van der Waals surface area contributed by atoms with Crippen molar-refractivity contribution in [3.8, 4) is 5.82 Å². The average molecular weight is 426 g/mol. The molecule has 0 spiro atoms. The third-order valence-electron chi connectivity index (χ3n) is 4.23. The summed E-state index contributed by atoms with van der Waals surface area (Å²) >= 11 is 0. The fraction of sp³-hybridized carbons (Fsp3) is 0.211. The van der Waals surface area contributed by atoms with Crippen molar-refractivity contribution in [1.82, 2.24) is 19.7 Å². The van der Waals surface area contributed by atoms with E-state index in [2.05, 4.69) is 20.4 Å². The average Bonchev–Trinajstić information content (AvgIpc) is 3.09. The number of hydrogen-bond acceptors (Lipinski definition) is 10. The van der Waals surface area contributed by atoms with E-state index >= 15 is 0 Å². The number of aromatic nitrogens is 4. The van der Waals surface area contributed by atoms with E-state index in [0.29, 0.717) is 11.4 Å². The van der Waals surface area contributed by atoms with E-state index in [1.807, 2.05) is 0 Å². The van der Waals surface area contributed by atoms with Crippen molar-refractivity contribution in [3.63, 3.8) is 0 Å². The number of methoxy groups -OCH3 is 2. The number of hydrogen-bond donors (Lipinski definition) is 1. The van der Waals surface area contributed by atoms with Crippen LogP contribution in [0.15, 0.2) is 30.6 Å². The first-order chi connectivity index (χ1) is 14.7. The van der Waals surface area contributed by atoms with Gasteiger partial charge in [0, 0.05) is 11.4 Å². The fourth-order valence-electron chi connectivity index (χ4n) is 2.94. The molecule has 0 aliphatic carbocycles. The van der Waals surface area contributed by atoms with Gasteiger partial charge in [0.05, 0.1) is 36.0 Å². The van der Waals surface area contributed by atoms with Crippen molar-refractivity contribution in [1.29, 1.82) is 0 Å². The number of nitrogens with zero attached hydrogens (tertiary/aromatic N) is 5. The normalized spacial score (nSPS) is 10.5. The summed E-state index contributed by atoms with van der Waals surface area (Å²) in [6.07, 6.45) is 1.15. The predicted octanol–water partition coefficient (Wildman–Crippen LogP) is 2.50. The fourth-order valence-corrected chi connectivity index (χ4v) is 2.94. The number of benzene rings is 1. The first-order valence-electron chi connectivity index (χ1n) is 8.87. The molecule has 2 aromatic heterocycles. The summed E-state index contributed by atoms with van der Waals surface area (Å²) < 4.78 is 10.7. The summed E-state index contributed by atoms with van der Waals surface area (Å²) in [6.45, 7) is 3.49. The van der Waals surface area contributed by atoms with Gasteiger partial charge in [0.2, 0.25) is 11.6 Å². The molecule has 3 aromatic rings. The summed E-state index contributed by atoms with van der Waals surface area (Å²) in [6, 6.07) is 5.78. The molecule has 31 heavy (non-hydrogen) atoms. The van der Waals surface area contributed by atoms with Gasteiger partial charge in [-0.05, 0) is 38.1 Å². The highest BCUT2D eigenvalue weighted by molar-refractivity contribution is 5.97. The van der Waals surface area contributed by atoms with Crippen LogP contribution in [-0.4, -0.2) is 50.8 Å². The van der Waals surface area contributed by atoms with Crippen LogP contribution in [0, 0.1) is 24.0 Å². The van der Waals surface area contributed by atoms with Crippen molar-refractivity contribution in [2.24, 2.45) is 0 Å². The Morgan fingerprint density at radius 3 is 2.13 bits per heavy atom. The Morgan fingerprint density at radius 1 is 1.03 bits per heavy atom. The maximum atomic E-state index is 12.0. The van der Waals surface area contributed by atoms with Crippen LogP contribution in [-0.2, 0) is 9.47 Å². The topological polar surface area (TPSA) is 151 Å². The monoisotopic (exact) mass is 426 g/mol. The molecular formula is C19H18N6O6. The molecule has 0 atom stereocenters. The van der Waals surface area contributed by atoms with Gasteiger partial charge in [-0.25, -0.2) is 24.2 Å². The van der Waals surface area contributed by atoms with Crippen LogP contribution in [0.25, 0.3) is 5.82 Å². The number of nitrogens with one attached hydrogen (secondary N) is 1. The highest BCUT2D eigenvalue weighted by Gasteiger charge is 2.26. The molecular weight excluding hydrogens is 408 g/mol. The van der Waals surface area contributed by atoms with E-state index in [1.54, 1.807) is 19.9 Å². The zero-order valence-corrected chi connectivity index (χ0v) is 17.1. The number of esters is 2. The Morgan fingerprint density at radius 2 is 1.65 bits per heavy atom. The number of rotatable bonds is 6. The van der Waals surface area contributed by atoms with Gasteiger partial charge in [0.1, 0.15) is 6.33 Å². The minimum Gasteiger partial charge on any atom is -0.465 e. The lowest BCUT2D eigenvalue weighted by atomic mass is 10.1. The van der Waals surface area contributed by atoms with Crippen LogP contribution in [0.1, 0.15) is 32.1 Å². The van der Waals surface area contributed by atoms with Crippen molar-refractivity contribution in [2.75, 3.05) is 19.5 Å². The quantitative estimate of drug-likeness (QED) is 0.353. The Balaban J connectivity index is 2.13. The molecule has 0 aliphatic heterocycles. The van der Waals surface area contributed by atoms with E-state index in [9.17, 15) is 19.7 Å². The van der Waals surface area contributed by atoms with Crippen LogP contribution in [0.4, 0.5) is 17.2 Å². The van der Waals surface area contributed by atoms with Crippen LogP contribution in [0.5, 0.6) is 0 Å². The van der Waals surface area contributed by atoms with Crippen molar-refractivity contribution in [2.45, 2.75) is 13.8 Å². The number of carbonyl (C=O) groups is 2. The van der Waals surface area contributed by atoms with Crippen LogP contribution in [0.3, 0.4) is 0 Å². The molecule has 12 nitrogen and oxygen atoms in total. The highest BCUT2D eigenvalue weighted by Crippen LogP contribution is 2.31. The van der Waals surface area contributed by atoms with E-state index in [0.717, 1.165) is 6.33 Å². The SMILES string of the molecule is COC(=O)c1cc(Nc2ncnc(-n3nc(C)cc3C)c2[N+](=O)[O-])cc(C(=O)OC)c1. The van der Waals surface area contributed by atoms with Gasteiger partial charge < -0.3 is 14.8 Å². The lowest BCUT2D eigenvalue weighted by molar-refractivity contribution is -0.384. The van der Waals surface area contributed by atoms with E-state index in [1.165, 1.54) is 37.1 Å².